The summed E-state index contributed by atoms with van der Waals surface area (Å²) in [6.45, 7) is 9.53. The van der Waals surface area contributed by atoms with Gasteiger partial charge in [-0.15, -0.1) is 0 Å². The van der Waals surface area contributed by atoms with Gasteiger partial charge in [0.15, 0.2) is 5.82 Å². The van der Waals surface area contributed by atoms with Gasteiger partial charge in [-0.2, -0.15) is 0 Å². The zero-order valence-electron chi connectivity index (χ0n) is 16.2. The molecule has 0 saturated carbocycles. The molecule has 0 atom stereocenters. The Morgan fingerprint density at radius 2 is 1.92 bits per heavy atom. The third-order valence-electron chi connectivity index (χ3n) is 5.12. The van der Waals surface area contributed by atoms with E-state index in [1.165, 1.54) is 0 Å². The molecule has 26 heavy (non-hydrogen) atoms. The molecule has 3 rings (SSSR count). The van der Waals surface area contributed by atoms with Gasteiger partial charge in [0.1, 0.15) is 16.5 Å². The molecule has 0 amide bonds. The van der Waals surface area contributed by atoms with Gasteiger partial charge in [0.25, 0.3) is 0 Å². The first kappa shape index (κ1) is 19.4. The molecule has 2 aromatic rings. The van der Waals surface area contributed by atoms with Crippen molar-refractivity contribution in [2.75, 3.05) is 64.9 Å². The number of likely N-dealkylation sites (N-methyl/N-ethyl adjacent to an activating group) is 2. The van der Waals surface area contributed by atoms with Gasteiger partial charge in [-0.05, 0) is 14.0 Å². The molecule has 144 valence electrons. The Labute approximate surface area is 160 Å². The number of anilines is 1. The number of hydrogen-bond donors (Lipinski definition) is 0. The summed E-state index contributed by atoms with van der Waals surface area (Å²) in [6.07, 6.45) is 0. The number of methoxy groups -OCH3 is 1. The molecule has 0 spiro atoms. The summed E-state index contributed by atoms with van der Waals surface area (Å²) in [6, 6.07) is 1.91. The third kappa shape index (κ3) is 4.11. The van der Waals surface area contributed by atoms with Gasteiger partial charge in [0.2, 0.25) is 0 Å². The predicted molar refractivity (Wildman–Crippen MR) is 106 cm³/mol. The molecule has 0 radical (unpaired) electrons. The zero-order chi connectivity index (χ0) is 18.7. The Balaban J connectivity index is 1.92. The van der Waals surface area contributed by atoms with E-state index in [1.807, 2.05) is 6.07 Å². The topological polar surface area (TPSA) is 49.7 Å². The van der Waals surface area contributed by atoms with E-state index in [0.717, 1.165) is 68.5 Å². The molecule has 0 aromatic carbocycles. The van der Waals surface area contributed by atoms with E-state index in [9.17, 15) is 0 Å². The van der Waals surface area contributed by atoms with Crippen LogP contribution in [0.25, 0.3) is 11.0 Å². The van der Waals surface area contributed by atoms with E-state index in [0.29, 0.717) is 11.8 Å². The smallest absolute Gasteiger partial charge is 0.158 e. The number of fused-ring (bicyclic) bond motifs is 1. The SMILES string of the molecule is CCN(CCOC)c1nc(Cl)cc2c1nc(CN1CCN(C)CC1)n2C. The van der Waals surface area contributed by atoms with Gasteiger partial charge in [0, 0.05) is 59.5 Å². The van der Waals surface area contributed by atoms with Crippen LogP contribution in [0.4, 0.5) is 5.82 Å². The Hall–Kier alpha value is -1.41. The summed E-state index contributed by atoms with van der Waals surface area (Å²) in [5.74, 6) is 1.89. The highest BCUT2D eigenvalue weighted by Crippen LogP contribution is 2.28. The molecule has 0 unspecified atom stereocenters. The van der Waals surface area contributed by atoms with Crippen LogP contribution >= 0.6 is 11.6 Å². The largest absolute Gasteiger partial charge is 0.383 e. The first-order valence-electron chi connectivity index (χ1n) is 9.20. The first-order chi connectivity index (χ1) is 12.5. The predicted octanol–water partition coefficient (Wildman–Crippen LogP) is 1.84. The standard InChI is InChI=1S/C18H29ClN6O/c1-5-25(10-11-26-4)18-17-14(12-15(19)20-18)23(3)16(21-17)13-24-8-6-22(2)7-9-24/h12H,5-11,13H2,1-4H3. The molecule has 0 bridgehead atoms. The minimum absolute atomic E-state index is 0.498. The van der Waals surface area contributed by atoms with Crippen LogP contribution < -0.4 is 4.90 Å². The molecule has 0 aliphatic carbocycles. The highest BCUT2D eigenvalue weighted by atomic mass is 35.5. The van der Waals surface area contributed by atoms with Gasteiger partial charge in [0.05, 0.1) is 18.7 Å². The molecular weight excluding hydrogens is 352 g/mol. The van der Waals surface area contributed by atoms with Gasteiger partial charge in [-0.25, -0.2) is 9.97 Å². The van der Waals surface area contributed by atoms with Crippen LogP contribution in [0.3, 0.4) is 0 Å². The third-order valence-corrected chi connectivity index (χ3v) is 5.31. The summed E-state index contributed by atoms with van der Waals surface area (Å²) in [5, 5.41) is 0.498. The molecule has 1 aliphatic heterocycles. The molecular formula is C18H29ClN6O. The molecule has 2 aromatic heterocycles. The number of imidazole rings is 1. The fourth-order valence-electron chi connectivity index (χ4n) is 3.37. The van der Waals surface area contributed by atoms with Crippen LogP contribution in [0.1, 0.15) is 12.7 Å². The molecule has 8 heteroatoms. The molecule has 3 heterocycles. The van der Waals surface area contributed by atoms with E-state index in [4.69, 9.17) is 21.3 Å². The lowest BCUT2D eigenvalue weighted by atomic mass is 10.3. The lowest BCUT2D eigenvalue weighted by Crippen LogP contribution is -2.44. The maximum atomic E-state index is 6.32. The molecule has 1 aliphatic rings. The van der Waals surface area contributed by atoms with E-state index in [-0.39, 0.29) is 0 Å². The van der Waals surface area contributed by atoms with Crippen molar-refractivity contribution < 1.29 is 4.74 Å². The summed E-state index contributed by atoms with van der Waals surface area (Å²) in [4.78, 5) is 16.5. The maximum Gasteiger partial charge on any atom is 0.158 e. The first-order valence-corrected chi connectivity index (χ1v) is 9.58. The second-order valence-electron chi connectivity index (χ2n) is 6.88. The quantitative estimate of drug-likeness (QED) is 0.683. The number of ether oxygens (including phenoxy) is 1. The van der Waals surface area contributed by atoms with Crippen molar-refractivity contribution in [1.29, 1.82) is 0 Å². The molecule has 1 saturated heterocycles. The van der Waals surface area contributed by atoms with Crippen molar-refractivity contribution in [3.63, 3.8) is 0 Å². The van der Waals surface area contributed by atoms with Crippen molar-refractivity contribution in [2.45, 2.75) is 13.5 Å². The maximum absolute atomic E-state index is 6.32. The van der Waals surface area contributed by atoms with Crippen LogP contribution in [0.2, 0.25) is 5.15 Å². The summed E-state index contributed by atoms with van der Waals surface area (Å²) >= 11 is 6.32. The summed E-state index contributed by atoms with van der Waals surface area (Å²) in [7, 11) is 5.95. The van der Waals surface area contributed by atoms with Gasteiger partial charge >= 0.3 is 0 Å². The number of aromatic nitrogens is 3. The number of nitrogens with zero attached hydrogens (tertiary/aromatic N) is 6. The average Bonchev–Trinajstić information content (AvgIpc) is 2.93. The number of aryl methyl sites for hydroxylation is 1. The van der Waals surface area contributed by atoms with E-state index in [1.54, 1.807) is 7.11 Å². The van der Waals surface area contributed by atoms with Crippen LogP contribution in [0, 0.1) is 0 Å². The highest BCUT2D eigenvalue weighted by molar-refractivity contribution is 6.30. The Bertz CT molecular complexity index is 741. The van der Waals surface area contributed by atoms with Crippen LogP contribution in [-0.4, -0.2) is 84.4 Å². The van der Waals surface area contributed by atoms with Gasteiger partial charge < -0.3 is 19.1 Å². The van der Waals surface area contributed by atoms with E-state index in [2.05, 4.69) is 45.3 Å². The highest BCUT2D eigenvalue weighted by Gasteiger charge is 2.21. The number of piperazine rings is 1. The minimum Gasteiger partial charge on any atom is -0.383 e. The molecule has 1 fully saturated rings. The second-order valence-corrected chi connectivity index (χ2v) is 7.26. The summed E-state index contributed by atoms with van der Waals surface area (Å²) < 4.78 is 7.39. The van der Waals surface area contributed by atoms with Crippen LogP contribution in [0.5, 0.6) is 0 Å². The van der Waals surface area contributed by atoms with Crippen molar-refractivity contribution in [2.24, 2.45) is 7.05 Å². The normalized spacial score (nSPS) is 16.5. The number of halogens is 1. The average molecular weight is 381 g/mol. The van der Waals surface area contributed by atoms with Crippen molar-refractivity contribution >= 4 is 28.5 Å². The van der Waals surface area contributed by atoms with Gasteiger partial charge in [-0.3, -0.25) is 4.90 Å². The van der Waals surface area contributed by atoms with Crippen molar-refractivity contribution in [3.8, 4) is 0 Å². The molecule has 0 N–H and O–H groups in total. The lowest BCUT2D eigenvalue weighted by molar-refractivity contribution is 0.144. The second kappa shape index (κ2) is 8.52. The van der Waals surface area contributed by atoms with Gasteiger partial charge in [-0.1, -0.05) is 11.6 Å². The van der Waals surface area contributed by atoms with Crippen LogP contribution in [-0.2, 0) is 18.3 Å². The summed E-state index contributed by atoms with van der Waals surface area (Å²) in [5.41, 5.74) is 1.94. The van der Waals surface area contributed by atoms with Crippen molar-refractivity contribution in [3.05, 3.63) is 17.0 Å². The monoisotopic (exact) mass is 380 g/mol. The Morgan fingerprint density at radius 3 is 2.58 bits per heavy atom. The molecule has 7 nitrogen and oxygen atoms in total. The Morgan fingerprint density at radius 1 is 1.19 bits per heavy atom. The van der Waals surface area contributed by atoms with E-state index < -0.39 is 0 Å². The number of rotatable bonds is 7. The van der Waals surface area contributed by atoms with Crippen LogP contribution in [0.15, 0.2) is 6.07 Å². The van der Waals surface area contributed by atoms with Crippen molar-refractivity contribution in [1.82, 2.24) is 24.3 Å². The zero-order valence-corrected chi connectivity index (χ0v) is 17.0. The minimum atomic E-state index is 0.498. The lowest BCUT2D eigenvalue weighted by Gasteiger charge is -2.31. The Kier molecular flexibility index (Phi) is 6.34. The fraction of sp³-hybridized carbons (Fsp3) is 0.667. The number of pyridine rings is 1. The number of hydrogen-bond acceptors (Lipinski definition) is 6. The fourth-order valence-corrected chi connectivity index (χ4v) is 3.55. The van der Waals surface area contributed by atoms with E-state index >= 15 is 0 Å².